The maximum Gasteiger partial charge on any atom is 0.339 e. The predicted molar refractivity (Wildman–Crippen MR) is 63.2 cm³/mol. The molecule has 2 aromatic heterocycles. The van der Waals surface area contributed by atoms with Crippen LogP contribution in [0.4, 0.5) is 0 Å². The minimum atomic E-state index is -0.437. The standard InChI is InChI=1S/C12H11N3O3/c1-18-12(17)9-2-3-10(14-6-9)7-15-8-13-5-4-11(15)16/h2-6,8H,7H2,1H3. The Morgan fingerprint density at radius 1 is 1.39 bits per heavy atom. The lowest BCUT2D eigenvalue weighted by molar-refractivity contribution is 0.0600. The fraction of sp³-hybridized carbons (Fsp3) is 0.167. The molecule has 6 nitrogen and oxygen atoms in total. The molecule has 0 saturated heterocycles. The van der Waals surface area contributed by atoms with Crippen LogP contribution >= 0.6 is 0 Å². The van der Waals surface area contributed by atoms with Crippen molar-refractivity contribution in [3.63, 3.8) is 0 Å². The van der Waals surface area contributed by atoms with Crippen LogP contribution in [0.2, 0.25) is 0 Å². The highest BCUT2D eigenvalue weighted by atomic mass is 16.5. The van der Waals surface area contributed by atoms with E-state index >= 15 is 0 Å². The molecule has 2 heterocycles. The topological polar surface area (TPSA) is 74.1 Å². The Bertz CT molecular complexity index is 604. The fourth-order valence-electron chi connectivity index (χ4n) is 1.43. The van der Waals surface area contributed by atoms with E-state index in [2.05, 4.69) is 14.7 Å². The molecule has 0 aliphatic carbocycles. The summed E-state index contributed by atoms with van der Waals surface area (Å²) >= 11 is 0. The first-order valence-corrected chi connectivity index (χ1v) is 5.24. The minimum absolute atomic E-state index is 0.149. The van der Waals surface area contributed by atoms with E-state index in [4.69, 9.17) is 0 Å². The summed E-state index contributed by atoms with van der Waals surface area (Å²) in [6.45, 7) is 0.314. The second kappa shape index (κ2) is 5.22. The van der Waals surface area contributed by atoms with E-state index < -0.39 is 5.97 Å². The summed E-state index contributed by atoms with van der Waals surface area (Å²) in [5.74, 6) is -0.437. The lowest BCUT2D eigenvalue weighted by Gasteiger charge is -2.04. The number of nitrogens with zero attached hydrogens (tertiary/aromatic N) is 3. The highest BCUT2D eigenvalue weighted by Crippen LogP contribution is 2.02. The van der Waals surface area contributed by atoms with Gasteiger partial charge in [0, 0.05) is 18.5 Å². The summed E-state index contributed by atoms with van der Waals surface area (Å²) in [5.41, 5.74) is 0.890. The molecule has 0 atom stereocenters. The van der Waals surface area contributed by atoms with Gasteiger partial charge in [0.05, 0.1) is 31.2 Å². The monoisotopic (exact) mass is 245 g/mol. The summed E-state index contributed by atoms with van der Waals surface area (Å²) in [6, 6.07) is 4.66. The van der Waals surface area contributed by atoms with Gasteiger partial charge in [0.2, 0.25) is 0 Å². The van der Waals surface area contributed by atoms with Crippen molar-refractivity contribution in [2.75, 3.05) is 7.11 Å². The largest absolute Gasteiger partial charge is 0.465 e. The van der Waals surface area contributed by atoms with Crippen molar-refractivity contribution in [3.8, 4) is 0 Å². The molecule has 0 aromatic carbocycles. The normalized spacial score (nSPS) is 10.1. The molecular weight excluding hydrogens is 234 g/mol. The van der Waals surface area contributed by atoms with E-state index in [0.717, 1.165) is 0 Å². The molecule has 0 bridgehead atoms. The molecule has 0 aliphatic heterocycles. The third-order valence-corrected chi connectivity index (χ3v) is 2.37. The molecular formula is C12H11N3O3. The van der Waals surface area contributed by atoms with Crippen LogP contribution in [-0.4, -0.2) is 27.6 Å². The van der Waals surface area contributed by atoms with Crippen molar-refractivity contribution in [1.82, 2.24) is 14.5 Å². The number of hydrogen-bond acceptors (Lipinski definition) is 5. The zero-order valence-corrected chi connectivity index (χ0v) is 9.74. The molecule has 6 heteroatoms. The zero-order valence-electron chi connectivity index (χ0n) is 9.74. The van der Waals surface area contributed by atoms with Gasteiger partial charge in [-0.1, -0.05) is 0 Å². The highest BCUT2D eigenvalue weighted by Gasteiger charge is 2.05. The van der Waals surface area contributed by atoms with Crippen LogP contribution in [0.25, 0.3) is 0 Å². The Morgan fingerprint density at radius 3 is 2.83 bits per heavy atom. The van der Waals surface area contributed by atoms with Gasteiger partial charge < -0.3 is 4.74 Å². The van der Waals surface area contributed by atoms with Gasteiger partial charge in [-0.3, -0.25) is 14.3 Å². The van der Waals surface area contributed by atoms with Gasteiger partial charge in [0.15, 0.2) is 0 Å². The molecule has 0 amide bonds. The maximum atomic E-state index is 11.5. The average molecular weight is 245 g/mol. The Morgan fingerprint density at radius 2 is 2.22 bits per heavy atom. The van der Waals surface area contributed by atoms with Crippen LogP contribution in [0.1, 0.15) is 16.1 Å². The number of methoxy groups -OCH3 is 1. The number of carbonyl (C=O) groups excluding carboxylic acids is 1. The SMILES string of the molecule is COC(=O)c1ccc(Cn2cnccc2=O)nc1. The molecule has 0 spiro atoms. The maximum absolute atomic E-state index is 11.5. The Hall–Kier alpha value is -2.50. The van der Waals surface area contributed by atoms with Crippen LogP contribution < -0.4 is 5.56 Å². The predicted octanol–water partition coefficient (Wildman–Crippen LogP) is 0.473. The quantitative estimate of drug-likeness (QED) is 0.735. The number of pyridine rings is 1. The Balaban J connectivity index is 2.19. The smallest absolute Gasteiger partial charge is 0.339 e. The van der Waals surface area contributed by atoms with Gasteiger partial charge >= 0.3 is 5.97 Å². The van der Waals surface area contributed by atoms with Crippen LogP contribution in [0.5, 0.6) is 0 Å². The molecule has 2 aromatic rings. The molecule has 0 N–H and O–H groups in total. The molecule has 2 rings (SSSR count). The number of ether oxygens (including phenoxy) is 1. The number of rotatable bonds is 3. The van der Waals surface area contributed by atoms with Crippen molar-refractivity contribution in [3.05, 3.63) is 58.5 Å². The Kier molecular flexibility index (Phi) is 3.47. The van der Waals surface area contributed by atoms with Crippen molar-refractivity contribution in [1.29, 1.82) is 0 Å². The van der Waals surface area contributed by atoms with Crippen LogP contribution in [0, 0.1) is 0 Å². The molecule has 0 aliphatic rings. The molecule has 0 fully saturated rings. The van der Waals surface area contributed by atoms with E-state index in [-0.39, 0.29) is 5.56 Å². The van der Waals surface area contributed by atoms with Gasteiger partial charge in [-0.05, 0) is 12.1 Å². The second-order valence-corrected chi connectivity index (χ2v) is 3.58. The lowest BCUT2D eigenvalue weighted by Crippen LogP contribution is -2.19. The third-order valence-electron chi connectivity index (χ3n) is 2.37. The number of esters is 1. The number of carbonyl (C=O) groups is 1. The van der Waals surface area contributed by atoms with E-state index in [1.165, 1.54) is 36.5 Å². The summed E-state index contributed by atoms with van der Waals surface area (Å²) < 4.78 is 6.00. The Labute approximate surface area is 103 Å². The van der Waals surface area contributed by atoms with Crippen molar-refractivity contribution in [2.45, 2.75) is 6.54 Å². The molecule has 0 unspecified atom stereocenters. The van der Waals surface area contributed by atoms with Crippen molar-refractivity contribution in [2.24, 2.45) is 0 Å². The zero-order chi connectivity index (χ0) is 13.0. The van der Waals surface area contributed by atoms with Crippen LogP contribution in [0.15, 0.2) is 41.7 Å². The van der Waals surface area contributed by atoms with Crippen LogP contribution in [-0.2, 0) is 11.3 Å². The molecule has 0 radical (unpaired) electrons. The van der Waals surface area contributed by atoms with Crippen molar-refractivity contribution < 1.29 is 9.53 Å². The summed E-state index contributed by atoms with van der Waals surface area (Å²) in [6.07, 6.45) is 4.30. The lowest BCUT2D eigenvalue weighted by atomic mass is 10.2. The first-order valence-electron chi connectivity index (χ1n) is 5.24. The van der Waals surface area contributed by atoms with Gasteiger partial charge in [-0.25, -0.2) is 9.78 Å². The summed E-state index contributed by atoms with van der Waals surface area (Å²) in [5, 5.41) is 0. The molecule has 18 heavy (non-hydrogen) atoms. The highest BCUT2D eigenvalue weighted by molar-refractivity contribution is 5.88. The summed E-state index contributed by atoms with van der Waals surface area (Å²) in [7, 11) is 1.31. The van der Waals surface area contributed by atoms with E-state index in [1.54, 1.807) is 12.1 Å². The van der Waals surface area contributed by atoms with Crippen LogP contribution in [0.3, 0.4) is 0 Å². The number of hydrogen-bond donors (Lipinski definition) is 0. The second-order valence-electron chi connectivity index (χ2n) is 3.58. The third kappa shape index (κ3) is 2.60. The number of aromatic nitrogens is 3. The van der Waals surface area contributed by atoms with Crippen molar-refractivity contribution >= 4 is 5.97 Å². The van der Waals surface area contributed by atoms with E-state index in [9.17, 15) is 9.59 Å². The fourth-order valence-corrected chi connectivity index (χ4v) is 1.43. The van der Waals surface area contributed by atoms with Gasteiger partial charge in [0.1, 0.15) is 0 Å². The minimum Gasteiger partial charge on any atom is -0.465 e. The van der Waals surface area contributed by atoms with E-state index in [0.29, 0.717) is 17.8 Å². The van der Waals surface area contributed by atoms with Gasteiger partial charge in [0.25, 0.3) is 5.56 Å². The first kappa shape index (κ1) is 12.0. The molecule has 0 saturated carbocycles. The average Bonchev–Trinajstić information content (AvgIpc) is 2.41. The summed E-state index contributed by atoms with van der Waals surface area (Å²) in [4.78, 5) is 30.6. The first-order chi connectivity index (χ1) is 8.70. The van der Waals surface area contributed by atoms with Gasteiger partial charge in [-0.15, -0.1) is 0 Å². The molecule has 92 valence electrons. The van der Waals surface area contributed by atoms with E-state index in [1.807, 2.05) is 0 Å². The van der Waals surface area contributed by atoms with Gasteiger partial charge in [-0.2, -0.15) is 0 Å².